The molecule has 0 spiro atoms. The molecule has 3 aromatic rings. The van der Waals surface area contributed by atoms with Gasteiger partial charge in [-0.3, -0.25) is 9.48 Å². The Kier molecular flexibility index (Phi) is 4.75. The second-order valence-electron chi connectivity index (χ2n) is 8.04. The Hall–Kier alpha value is -3.19. The lowest BCUT2D eigenvalue weighted by Crippen LogP contribution is -2.27. The third kappa shape index (κ3) is 3.45. The molecular weight excluding hydrogens is 380 g/mol. The molecule has 7 heteroatoms. The van der Waals surface area contributed by atoms with Gasteiger partial charge in [0, 0.05) is 38.1 Å². The summed E-state index contributed by atoms with van der Waals surface area (Å²) in [7, 11) is 1.90. The number of carbonyl (C=O) groups is 1. The van der Waals surface area contributed by atoms with Crippen LogP contribution >= 0.6 is 0 Å². The van der Waals surface area contributed by atoms with Crippen LogP contribution in [0.5, 0.6) is 5.88 Å². The number of aliphatic hydroxyl groups is 1. The maximum absolute atomic E-state index is 13.1. The fraction of sp³-hybridized carbons (Fsp3) is 0.348. The van der Waals surface area contributed by atoms with Gasteiger partial charge in [-0.1, -0.05) is 24.3 Å². The SMILES string of the molecule is Cn1ccc(-c2ccc(CN3Cc4ccnc(OC5CCCC5O)c4C3=O)cc2)n1. The monoisotopic (exact) mass is 404 g/mol. The molecule has 1 aliphatic carbocycles. The number of aryl methyl sites for hydroxylation is 1. The maximum Gasteiger partial charge on any atom is 0.260 e. The molecule has 1 N–H and O–H groups in total. The van der Waals surface area contributed by atoms with E-state index in [0.717, 1.165) is 41.6 Å². The molecule has 0 bridgehead atoms. The first-order valence-corrected chi connectivity index (χ1v) is 10.3. The molecule has 1 aromatic carbocycles. The number of amides is 1. The largest absolute Gasteiger partial charge is 0.471 e. The standard InChI is InChI=1S/C23H24N4O3/c1-26-12-10-18(25-26)16-7-5-15(6-8-16)13-27-14-17-9-11-24-22(21(17)23(27)29)30-20-4-2-3-19(20)28/h5-12,19-20,28H,2-4,13-14H2,1H3. The molecule has 154 valence electrons. The van der Waals surface area contributed by atoms with Gasteiger partial charge in [0.25, 0.3) is 5.91 Å². The van der Waals surface area contributed by atoms with E-state index in [-0.39, 0.29) is 12.0 Å². The topological polar surface area (TPSA) is 80.5 Å². The Bertz CT molecular complexity index is 1080. The second kappa shape index (κ2) is 7.57. The van der Waals surface area contributed by atoms with Crippen LogP contribution in [0.3, 0.4) is 0 Å². The third-order valence-corrected chi connectivity index (χ3v) is 5.88. The van der Waals surface area contributed by atoms with E-state index in [2.05, 4.69) is 10.1 Å². The van der Waals surface area contributed by atoms with E-state index >= 15 is 0 Å². The smallest absolute Gasteiger partial charge is 0.260 e. The first kappa shape index (κ1) is 18.8. The predicted molar refractivity (Wildman–Crippen MR) is 111 cm³/mol. The Balaban J connectivity index is 1.31. The van der Waals surface area contributed by atoms with E-state index in [1.165, 1.54) is 0 Å². The van der Waals surface area contributed by atoms with E-state index in [0.29, 0.717) is 24.5 Å². The number of aromatic nitrogens is 3. The van der Waals surface area contributed by atoms with Crippen LogP contribution in [0.1, 0.15) is 40.7 Å². The van der Waals surface area contributed by atoms with Crippen molar-refractivity contribution >= 4 is 5.91 Å². The van der Waals surface area contributed by atoms with Crippen molar-refractivity contribution in [2.75, 3.05) is 0 Å². The number of aliphatic hydroxyl groups excluding tert-OH is 1. The zero-order valence-corrected chi connectivity index (χ0v) is 16.9. The molecule has 1 fully saturated rings. The summed E-state index contributed by atoms with van der Waals surface area (Å²) in [5, 5.41) is 14.5. The molecule has 1 amide bonds. The lowest BCUT2D eigenvalue weighted by Gasteiger charge is -2.18. The highest BCUT2D eigenvalue weighted by molar-refractivity contribution is 6.00. The number of fused-ring (bicyclic) bond motifs is 1. The van der Waals surface area contributed by atoms with Crippen molar-refractivity contribution in [2.45, 2.75) is 44.6 Å². The number of ether oxygens (including phenoxy) is 1. The highest BCUT2D eigenvalue weighted by atomic mass is 16.5. The maximum atomic E-state index is 13.1. The number of benzene rings is 1. The van der Waals surface area contributed by atoms with E-state index in [4.69, 9.17) is 4.74 Å². The molecule has 1 aliphatic heterocycles. The molecule has 0 radical (unpaired) electrons. The third-order valence-electron chi connectivity index (χ3n) is 5.88. The number of hydrogen-bond donors (Lipinski definition) is 1. The average molecular weight is 404 g/mol. The van der Waals surface area contributed by atoms with E-state index in [1.54, 1.807) is 15.8 Å². The fourth-order valence-corrected chi connectivity index (χ4v) is 4.25. The molecule has 2 unspecified atom stereocenters. The lowest BCUT2D eigenvalue weighted by molar-refractivity contribution is 0.0553. The van der Waals surface area contributed by atoms with Crippen LogP contribution in [0.4, 0.5) is 0 Å². The van der Waals surface area contributed by atoms with Crippen LogP contribution in [0.25, 0.3) is 11.3 Å². The van der Waals surface area contributed by atoms with Crippen LogP contribution in [0, 0.1) is 0 Å². The van der Waals surface area contributed by atoms with Crippen molar-refractivity contribution < 1.29 is 14.6 Å². The zero-order valence-electron chi connectivity index (χ0n) is 16.9. The van der Waals surface area contributed by atoms with E-state index in [1.807, 2.05) is 49.6 Å². The summed E-state index contributed by atoms with van der Waals surface area (Å²) in [5.74, 6) is 0.269. The molecule has 1 saturated carbocycles. The first-order valence-electron chi connectivity index (χ1n) is 10.3. The summed E-state index contributed by atoms with van der Waals surface area (Å²) in [6, 6.07) is 12.0. The highest BCUT2D eigenvalue weighted by Crippen LogP contribution is 2.33. The van der Waals surface area contributed by atoms with Gasteiger partial charge < -0.3 is 14.7 Å². The van der Waals surface area contributed by atoms with E-state index in [9.17, 15) is 9.90 Å². The molecule has 5 rings (SSSR count). The van der Waals surface area contributed by atoms with Gasteiger partial charge >= 0.3 is 0 Å². The van der Waals surface area contributed by atoms with Gasteiger partial charge in [0.2, 0.25) is 5.88 Å². The van der Waals surface area contributed by atoms with E-state index < -0.39 is 6.10 Å². The average Bonchev–Trinajstić information content (AvgIpc) is 3.44. The molecule has 0 saturated heterocycles. The van der Waals surface area contributed by atoms with Gasteiger partial charge in [0.15, 0.2) is 0 Å². The molecule has 3 heterocycles. The Morgan fingerprint density at radius 2 is 2.00 bits per heavy atom. The quantitative estimate of drug-likeness (QED) is 0.707. The predicted octanol–water partition coefficient (Wildman–Crippen LogP) is 2.93. The van der Waals surface area contributed by atoms with Crippen LogP contribution in [0.2, 0.25) is 0 Å². The number of carbonyl (C=O) groups excluding carboxylic acids is 1. The normalized spacial score (nSPS) is 20.6. The van der Waals surface area contributed by atoms with Crippen molar-refractivity contribution in [1.29, 1.82) is 0 Å². The molecule has 2 aromatic heterocycles. The minimum absolute atomic E-state index is 0.0746. The van der Waals surface area contributed by atoms with Crippen LogP contribution in [0.15, 0.2) is 48.8 Å². The summed E-state index contributed by atoms with van der Waals surface area (Å²) in [6.07, 6.45) is 5.25. The molecule has 30 heavy (non-hydrogen) atoms. The molecular formula is C23H24N4O3. The Morgan fingerprint density at radius 3 is 2.70 bits per heavy atom. The van der Waals surface area contributed by atoms with Crippen molar-refractivity contribution in [2.24, 2.45) is 7.05 Å². The van der Waals surface area contributed by atoms with Gasteiger partial charge in [-0.05, 0) is 42.5 Å². The van der Waals surface area contributed by atoms with Crippen molar-refractivity contribution in [1.82, 2.24) is 19.7 Å². The summed E-state index contributed by atoms with van der Waals surface area (Å²) in [6.45, 7) is 1.05. The van der Waals surface area contributed by atoms with Crippen molar-refractivity contribution in [3.05, 3.63) is 65.5 Å². The number of rotatable bonds is 5. The van der Waals surface area contributed by atoms with Gasteiger partial charge in [-0.2, -0.15) is 5.10 Å². The van der Waals surface area contributed by atoms with Gasteiger partial charge in [-0.25, -0.2) is 4.98 Å². The van der Waals surface area contributed by atoms with Gasteiger partial charge in [0.05, 0.1) is 11.8 Å². The van der Waals surface area contributed by atoms with Crippen LogP contribution in [-0.4, -0.2) is 42.9 Å². The highest BCUT2D eigenvalue weighted by Gasteiger charge is 2.34. The van der Waals surface area contributed by atoms with Crippen molar-refractivity contribution in [3.8, 4) is 17.1 Å². The summed E-state index contributed by atoms with van der Waals surface area (Å²) in [5.41, 5.74) is 4.47. The second-order valence-corrected chi connectivity index (χ2v) is 8.04. The summed E-state index contributed by atoms with van der Waals surface area (Å²) < 4.78 is 7.73. The molecule has 7 nitrogen and oxygen atoms in total. The number of nitrogens with zero attached hydrogens (tertiary/aromatic N) is 4. The summed E-state index contributed by atoms with van der Waals surface area (Å²) in [4.78, 5) is 19.2. The van der Waals surface area contributed by atoms with Crippen molar-refractivity contribution in [3.63, 3.8) is 0 Å². The van der Waals surface area contributed by atoms with Gasteiger partial charge in [0.1, 0.15) is 11.7 Å². The van der Waals surface area contributed by atoms with Crippen LogP contribution < -0.4 is 4.74 Å². The first-order chi connectivity index (χ1) is 14.6. The lowest BCUT2D eigenvalue weighted by atomic mass is 10.1. The minimum Gasteiger partial charge on any atom is -0.471 e. The summed E-state index contributed by atoms with van der Waals surface area (Å²) >= 11 is 0. The number of pyridine rings is 1. The fourth-order valence-electron chi connectivity index (χ4n) is 4.25. The Labute approximate surface area is 174 Å². The van der Waals surface area contributed by atoms with Gasteiger partial charge in [-0.15, -0.1) is 0 Å². The molecule has 2 aliphatic rings. The minimum atomic E-state index is -0.493. The number of hydrogen-bond acceptors (Lipinski definition) is 5. The zero-order chi connectivity index (χ0) is 20.7. The molecule has 2 atom stereocenters. The Morgan fingerprint density at radius 1 is 1.17 bits per heavy atom. The van der Waals surface area contributed by atoms with Crippen LogP contribution in [-0.2, 0) is 20.1 Å².